The van der Waals surface area contributed by atoms with Crippen LogP contribution in [-0.2, 0) is 11.4 Å². The van der Waals surface area contributed by atoms with Crippen LogP contribution in [0.2, 0.25) is 0 Å². The summed E-state index contributed by atoms with van der Waals surface area (Å²) in [5.74, 6) is 0.784. The molecule has 0 bridgehead atoms. The molecular formula is C23H26N2O2S. The number of hydrogen-bond donors (Lipinski definition) is 1. The average Bonchev–Trinajstić information content (AvgIpc) is 2.67. The quantitative estimate of drug-likeness (QED) is 0.720. The highest BCUT2D eigenvalue weighted by Gasteiger charge is 2.33. The number of ether oxygens (including phenoxy) is 1. The lowest BCUT2D eigenvalue weighted by molar-refractivity contribution is -0.114. The second kappa shape index (κ2) is 8.57. The summed E-state index contributed by atoms with van der Waals surface area (Å²) in [6, 6.07) is 15.7. The molecule has 1 aliphatic heterocycles. The fourth-order valence-corrected chi connectivity index (χ4v) is 4.01. The molecule has 1 aliphatic rings. The molecule has 1 N–H and O–H groups in total. The van der Waals surface area contributed by atoms with E-state index in [-0.39, 0.29) is 11.8 Å². The number of allylic oxidation sites excluding steroid dienone is 1. The van der Waals surface area contributed by atoms with Gasteiger partial charge in [-0.1, -0.05) is 42.5 Å². The zero-order valence-corrected chi connectivity index (χ0v) is 17.6. The van der Waals surface area contributed by atoms with E-state index < -0.39 is 0 Å². The Hall–Kier alpha value is -2.66. The van der Waals surface area contributed by atoms with Crippen LogP contribution in [0, 0.1) is 6.92 Å². The number of hydrogen-bond acceptors (Lipinski definition) is 3. The van der Waals surface area contributed by atoms with Gasteiger partial charge in [0.25, 0.3) is 0 Å². The van der Waals surface area contributed by atoms with Gasteiger partial charge in [0.1, 0.15) is 12.4 Å². The van der Waals surface area contributed by atoms with Gasteiger partial charge in [-0.3, -0.25) is 4.79 Å². The zero-order chi connectivity index (χ0) is 20.3. The van der Waals surface area contributed by atoms with Gasteiger partial charge in [-0.2, -0.15) is 0 Å². The van der Waals surface area contributed by atoms with Gasteiger partial charge in [0.2, 0.25) is 0 Å². The van der Waals surface area contributed by atoms with Gasteiger partial charge in [-0.25, -0.2) is 0 Å². The van der Waals surface area contributed by atoms with Crippen LogP contribution >= 0.6 is 12.2 Å². The smallest absolute Gasteiger partial charge is 0.173 e. The van der Waals surface area contributed by atoms with Crippen molar-refractivity contribution in [1.29, 1.82) is 0 Å². The predicted octanol–water partition coefficient (Wildman–Crippen LogP) is 4.69. The molecule has 1 heterocycles. The molecule has 4 nitrogen and oxygen atoms in total. The first-order chi connectivity index (χ1) is 13.4. The second-order valence-electron chi connectivity index (χ2n) is 6.94. The van der Waals surface area contributed by atoms with E-state index in [1.54, 1.807) is 6.92 Å². The Balaban J connectivity index is 1.97. The summed E-state index contributed by atoms with van der Waals surface area (Å²) in [5.41, 5.74) is 4.87. The number of nitrogens with zero attached hydrogens (tertiary/aromatic N) is 1. The molecule has 0 radical (unpaired) electrons. The number of carbonyl (C=O) groups is 1. The largest absolute Gasteiger partial charge is 0.489 e. The van der Waals surface area contributed by atoms with Gasteiger partial charge in [0, 0.05) is 23.4 Å². The third-order valence-electron chi connectivity index (χ3n) is 5.17. The molecule has 2 aromatic rings. The monoisotopic (exact) mass is 394 g/mol. The van der Waals surface area contributed by atoms with Crippen molar-refractivity contribution >= 4 is 23.1 Å². The molecule has 2 aromatic carbocycles. The first-order valence-electron chi connectivity index (χ1n) is 9.50. The van der Waals surface area contributed by atoms with Crippen molar-refractivity contribution in [2.24, 2.45) is 0 Å². The van der Waals surface area contributed by atoms with Crippen molar-refractivity contribution in [3.63, 3.8) is 0 Å². The Morgan fingerprint density at radius 3 is 2.50 bits per heavy atom. The van der Waals surface area contributed by atoms with Gasteiger partial charge in [-0.15, -0.1) is 0 Å². The topological polar surface area (TPSA) is 41.6 Å². The van der Waals surface area contributed by atoms with Crippen LogP contribution in [0.3, 0.4) is 0 Å². The zero-order valence-electron chi connectivity index (χ0n) is 16.8. The van der Waals surface area contributed by atoms with E-state index in [0.717, 1.165) is 28.1 Å². The summed E-state index contributed by atoms with van der Waals surface area (Å²) in [5, 5.41) is 3.97. The number of ketones is 1. The minimum absolute atomic E-state index is 0.0321. The molecule has 0 aromatic heterocycles. The molecule has 1 unspecified atom stereocenters. The van der Waals surface area contributed by atoms with E-state index in [4.69, 9.17) is 17.0 Å². The van der Waals surface area contributed by atoms with Crippen LogP contribution in [0.5, 0.6) is 5.75 Å². The number of benzene rings is 2. The van der Waals surface area contributed by atoms with Crippen LogP contribution in [0.15, 0.2) is 59.8 Å². The number of carbonyl (C=O) groups excluding carboxylic acids is 1. The molecule has 0 amide bonds. The summed E-state index contributed by atoms with van der Waals surface area (Å²) in [7, 11) is 0. The van der Waals surface area contributed by atoms with E-state index in [1.807, 2.05) is 55.1 Å². The van der Waals surface area contributed by atoms with Crippen LogP contribution in [-0.4, -0.2) is 22.3 Å². The Morgan fingerprint density at radius 2 is 1.82 bits per heavy atom. The molecule has 0 saturated carbocycles. The maximum absolute atomic E-state index is 12.5. The lowest BCUT2D eigenvalue weighted by atomic mass is 9.92. The molecule has 146 valence electrons. The van der Waals surface area contributed by atoms with E-state index >= 15 is 0 Å². The van der Waals surface area contributed by atoms with E-state index in [2.05, 4.69) is 24.4 Å². The third kappa shape index (κ3) is 3.94. The molecular weight excluding hydrogens is 368 g/mol. The predicted molar refractivity (Wildman–Crippen MR) is 116 cm³/mol. The van der Waals surface area contributed by atoms with E-state index in [1.165, 1.54) is 5.56 Å². The van der Waals surface area contributed by atoms with Gasteiger partial charge < -0.3 is 15.0 Å². The van der Waals surface area contributed by atoms with Gasteiger partial charge in [0.15, 0.2) is 10.9 Å². The van der Waals surface area contributed by atoms with Crippen LogP contribution in [0.1, 0.15) is 43.5 Å². The van der Waals surface area contributed by atoms with Crippen molar-refractivity contribution < 1.29 is 9.53 Å². The summed E-state index contributed by atoms with van der Waals surface area (Å²) >= 11 is 5.55. The highest BCUT2D eigenvalue weighted by molar-refractivity contribution is 7.80. The average molecular weight is 395 g/mol. The van der Waals surface area contributed by atoms with Crippen molar-refractivity contribution in [3.8, 4) is 5.75 Å². The second-order valence-corrected chi connectivity index (χ2v) is 7.32. The Bertz CT molecular complexity index is 936. The van der Waals surface area contributed by atoms with Crippen molar-refractivity contribution in [2.75, 3.05) is 6.54 Å². The molecule has 5 heteroatoms. The summed E-state index contributed by atoms with van der Waals surface area (Å²) in [6.07, 6.45) is 0. The van der Waals surface area contributed by atoms with Crippen LogP contribution in [0.4, 0.5) is 0 Å². The molecule has 1 atom stereocenters. The summed E-state index contributed by atoms with van der Waals surface area (Å²) in [4.78, 5) is 14.4. The third-order valence-corrected chi connectivity index (χ3v) is 5.50. The minimum Gasteiger partial charge on any atom is -0.489 e. The van der Waals surface area contributed by atoms with E-state index in [0.29, 0.717) is 18.3 Å². The lowest BCUT2D eigenvalue weighted by Crippen LogP contribution is -2.47. The first-order valence-corrected chi connectivity index (χ1v) is 9.90. The minimum atomic E-state index is -0.319. The van der Waals surface area contributed by atoms with Gasteiger partial charge >= 0.3 is 0 Å². The van der Waals surface area contributed by atoms with E-state index in [9.17, 15) is 4.79 Å². The number of para-hydroxylation sites is 1. The van der Waals surface area contributed by atoms with Gasteiger partial charge in [-0.05, 0) is 57.1 Å². The first kappa shape index (κ1) is 20.1. The number of aryl methyl sites for hydroxylation is 1. The summed E-state index contributed by atoms with van der Waals surface area (Å²) < 4.78 is 6.18. The maximum atomic E-state index is 12.5. The summed E-state index contributed by atoms with van der Waals surface area (Å²) in [6.45, 7) is 8.84. The Labute approximate surface area is 172 Å². The highest BCUT2D eigenvalue weighted by Crippen LogP contribution is 2.36. The fourth-order valence-electron chi connectivity index (χ4n) is 3.63. The standard InChI is InChI=1S/C23H26N2O2S/c1-5-25-16(3)21(17(4)26)22(24-23(25)28)19-12-8-9-13-20(19)27-14-18-11-7-6-10-15(18)2/h6-13,22H,5,14H2,1-4H3,(H,24,28). The Morgan fingerprint density at radius 1 is 1.14 bits per heavy atom. The number of thiocarbonyl (C=S) groups is 1. The Kier molecular flexibility index (Phi) is 6.15. The SMILES string of the molecule is CCN1C(=S)NC(c2ccccc2OCc2ccccc2C)C(C(C)=O)=C1C. The van der Waals surface area contributed by atoms with Crippen molar-refractivity contribution in [1.82, 2.24) is 10.2 Å². The molecule has 0 fully saturated rings. The normalized spacial score (nSPS) is 16.8. The molecule has 3 rings (SSSR count). The molecule has 28 heavy (non-hydrogen) atoms. The van der Waals surface area contributed by atoms with Gasteiger partial charge in [0.05, 0.1) is 6.04 Å². The van der Waals surface area contributed by atoms with Crippen LogP contribution in [0.25, 0.3) is 0 Å². The van der Waals surface area contributed by atoms with Crippen molar-refractivity contribution in [2.45, 2.75) is 40.3 Å². The number of rotatable bonds is 6. The molecule has 0 spiro atoms. The molecule has 0 saturated heterocycles. The van der Waals surface area contributed by atoms with Crippen molar-refractivity contribution in [3.05, 3.63) is 76.5 Å². The number of nitrogens with one attached hydrogen (secondary N) is 1. The fraction of sp³-hybridized carbons (Fsp3) is 0.304. The van der Waals surface area contributed by atoms with Crippen LogP contribution < -0.4 is 10.1 Å². The lowest BCUT2D eigenvalue weighted by Gasteiger charge is -2.37. The number of Topliss-reactive ketones (excluding diaryl/α,β-unsaturated/α-hetero) is 1. The maximum Gasteiger partial charge on any atom is 0.173 e. The highest BCUT2D eigenvalue weighted by atomic mass is 32.1. The molecule has 0 aliphatic carbocycles.